The van der Waals surface area contributed by atoms with Crippen LogP contribution in [0.1, 0.15) is 30.8 Å². The van der Waals surface area contributed by atoms with Crippen molar-refractivity contribution in [1.29, 1.82) is 0 Å². The van der Waals surface area contributed by atoms with Crippen LogP contribution in [0.2, 0.25) is 0 Å². The van der Waals surface area contributed by atoms with Crippen LogP contribution >= 0.6 is 0 Å². The number of aryl methyl sites for hydroxylation is 2. The first-order chi connectivity index (χ1) is 8.58. The molecule has 0 radical (unpaired) electrons. The Morgan fingerprint density at radius 2 is 2.00 bits per heavy atom. The van der Waals surface area contributed by atoms with E-state index in [4.69, 9.17) is 5.73 Å². The third-order valence-electron chi connectivity index (χ3n) is 3.15. The molecule has 0 saturated heterocycles. The molecule has 0 spiro atoms. The predicted molar refractivity (Wildman–Crippen MR) is 71.4 cm³/mol. The molecule has 0 saturated carbocycles. The molecular formula is C14H18FN3. The highest BCUT2D eigenvalue weighted by atomic mass is 19.1. The number of hydrogen-bond donors (Lipinski definition) is 1. The van der Waals surface area contributed by atoms with E-state index in [0.29, 0.717) is 0 Å². The third kappa shape index (κ3) is 1.98. The van der Waals surface area contributed by atoms with Crippen molar-refractivity contribution in [1.82, 2.24) is 9.78 Å². The molecular weight excluding hydrogens is 229 g/mol. The van der Waals surface area contributed by atoms with Gasteiger partial charge in [0.1, 0.15) is 5.82 Å². The van der Waals surface area contributed by atoms with Crippen molar-refractivity contribution < 1.29 is 4.39 Å². The third-order valence-corrected chi connectivity index (χ3v) is 3.15. The summed E-state index contributed by atoms with van der Waals surface area (Å²) in [7, 11) is 0. The molecule has 0 aliphatic rings. The Morgan fingerprint density at radius 1 is 1.28 bits per heavy atom. The number of hydrogen-bond acceptors (Lipinski definition) is 2. The Hall–Kier alpha value is -1.84. The minimum atomic E-state index is -0.231. The van der Waals surface area contributed by atoms with E-state index in [2.05, 4.69) is 5.10 Å². The monoisotopic (exact) mass is 247 g/mol. The molecule has 0 aliphatic heterocycles. The van der Waals surface area contributed by atoms with Crippen molar-refractivity contribution in [3.05, 3.63) is 41.0 Å². The van der Waals surface area contributed by atoms with Gasteiger partial charge in [-0.1, -0.05) is 13.8 Å². The van der Waals surface area contributed by atoms with Gasteiger partial charge in [-0.2, -0.15) is 5.10 Å². The Labute approximate surface area is 106 Å². The maximum Gasteiger partial charge on any atom is 0.123 e. The molecule has 18 heavy (non-hydrogen) atoms. The van der Waals surface area contributed by atoms with Gasteiger partial charge in [0.25, 0.3) is 0 Å². The molecule has 3 nitrogen and oxygen atoms in total. The van der Waals surface area contributed by atoms with E-state index < -0.39 is 0 Å². The first-order valence-electron chi connectivity index (χ1n) is 6.21. The van der Waals surface area contributed by atoms with E-state index in [9.17, 15) is 4.39 Å². The van der Waals surface area contributed by atoms with Crippen LogP contribution in [0.5, 0.6) is 0 Å². The zero-order chi connectivity index (χ0) is 13.3. The molecule has 0 unspecified atom stereocenters. The van der Waals surface area contributed by atoms with E-state index in [1.165, 1.54) is 12.1 Å². The lowest BCUT2D eigenvalue weighted by atomic mass is 10.2. The summed E-state index contributed by atoms with van der Waals surface area (Å²) in [4.78, 5) is 0. The number of rotatable bonds is 3. The summed E-state index contributed by atoms with van der Waals surface area (Å²) in [6, 6.07) is 4.71. The maximum absolute atomic E-state index is 13.1. The van der Waals surface area contributed by atoms with Crippen LogP contribution in [0.15, 0.2) is 18.2 Å². The summed E-state index contributed by atoms with van der Waals surface area (Å²) in [5.74, 6) is -0.231. The van der Waals surface area contributed by atoms with Gasteiger partial charge in [-0.05, 0) is 43.5 Å². The highest BCUT2D eigenvalue weighted by Gasteiger charge is 2.15. The van der Waals surface area contributed by atoms with Gasteiger partial charge in [0.15, 0.2) is 0 Å². The number of nitrogen functional groups attached to an aromatic ring is 1. The summed E-state index contributed by atoms with van der Waals surface area (Å²) in [6.07, 6.45) is 1.60. The number of halogens is 1. The van der Waals surface area contributed by atoms with Gasteiger partial charge < -0.3 is 5.73 Å². The van der Waals surface area contributed by atoms with E-state index in [0.717, 1.165) is 41.2 Å². The predicted octanol–water partition coefficient (Wildman–Crippen LogP) is 3.03. The number of anilines is 1. The SMILES string of the molecule is CCc1nn(-c2ccc(F)cc2C)c(CC)c1N. The molecule has 0 bridgehead atoms. The topological polar surface area (TPSA) is 43.8 Å². The van der Waals surface area contributed by atoms with E-state index in [-0.39, 0.29) is 5.82 Å². The summed E-state index contributed by atoms with van der Waals surface area (Å²) in [5, 5.41) is 4.53. The van der Waals surface area contributed by atoms with E-state index >= 15 is 0 Å². The first kappa shape index (κ1) is 12.6. The van der Waals surface area contributed by atoms with Crippen molar-refractivity contribution in [2.75, 3.05) is 5.73 Å². The van der Waals surface area contributed by atoms with Crippen LogP contribution in [0.3, 0.4) is 0 Å². The molecule has 0 fully saturated rings. The summed E-state index contributed by atoms with van der Waals surface area (Å²) >= 11 is 0. The number of nitrogens with zero attached hydrogens (tertiary/aromatic N) is 2. The lowest BCUT2D eigenvalue weighted by Crippen LogP contribution is -2.04. The van der Waals surface area contributed by atoms with Gasteiger partial charge in [0.2, 0.25) is 0 Å². The van der Waals surface area contributed by atoms with Gasteiger partial charge in [-0.3, -0.25) is 0 Å². The summed E-state index contributed by atoms with van der Waals surface area (Å²) in [6.45, 7) is 5.95. The van der Waals surface area contributed by atoms with Crippen LogP contribution in [-0.2, 0) is 12.8 Å². The van der Waals surface area contributed by atoms with Crippen LogP contribution < -0.4 is 5.73 Å². The lowest BCUT2D eigenvalue weighted by molar-refractivity contribution is 0.625. The minimum Gasteiger partial charge on any atom is -0.396 e. The zero-order valence-electron chi connectivity index (χ0n) is 11.0. The normalized spacial score (nSPS) is 10.9. The van der Waals surface area contributed by atoms with Gasteiger partial charge in [0, 0.05) is 0 Å². The Balaban J connectivity index is 2.63. The standard InChI is InChI=1S/C14H18FN3/c1-4-11-14(16)12(5-2)18(17-11)13-7-6-10(15)8-9(13)3/h6-8H,4-5,16H2,1-3H3. The van der Waals surface area contributed by atoms with Crippen LogP contribution in [0, 0.1) is 12.7 Å². The van der Waals surface area contributed by atoms with Crippen LogP contribution in [0.25, 0.3) is 5.69 Å². The molecule has 4 heteroatoms. The second-order valence-electron chi connectivity index (χ2n) is 4.36. The fraction of sp³-hybridized carbons (Fsp3) is 0.357. The van der Waals surface area contributed by atoms with Crippen molar-refractivity contribution in [3.8, 4) is 5.69 Å². The molecule has 96 valence electrons. The number of benzene rings is 1. The number of aromatic nitrogens is 2. The van der Waals surface area contributed by atoms with Crippen molar-refractivity contribution in [2.45, 2.75) is 33.6 Å². The maximum atomic E-state index is 13.1. The average molecular weight is 247 g/mol. The van der Waals surface area contributed by atoms with Crippen molar-refractivity contribution in [2.24, 2.45) is 0 Å². The van der Waals surface area contributed by atoms with Gasteiger partial charge in [-0.25, -0.2) is 9.07 Å². The van der Waals surface area contributed by atoms with Gasteiger partial charge >= 0.3 is 0 Å². The highest BCUT2D eigenvalue weighted by molar-refractivity contribution is 5.53. The Bertz CT molecular complexity index is 573. The zero-order valence-corrected chi connectivity index (χ0v) is 11.0. The van der Waals surface area contributed by atoms with Crippen LogP contribution in [-0.4, -0.2) is 9.78 Å². The molecule has 1 heterocycles. The van der Waals surface area contributed by atoms with Crippen LogP contribution in [0.4, 0.5) is 10.1 Å². The largest absolute Gasteiger partial charge is 0.396 e. The summed E-state index contributed by atoms with van der Waals surface area (Å²) in [5.41, 5.74) is 10.5. The highest BCUT2D eigenvalue weighted by Crippen LogP contribution is 2.24. The molecule has 0 amide bonds. The van der Waals surface area contributed by atoms with Crippen molar-refractivity contribution >= 4 is 5.69 Å². The van der Waals surface area contributed by atoms with E-state index in [1.54, 1.807) is 6.07 Å². The fourth-order valence-electron chi connectivity index (χ4n) is 2.17. The minimum absolute atomic E-state index is 0.231. The van der Waals surface area contributed by atoms with Crippen molar-refractivity contribution in [3.63, 3.8) is 0 Å². The number of nitrogens with two attached hydrogens (primary N) is 1. The van der Waals surface area contributed by atoms with Gasteiger partial charge in [-0.15, -0.1) is 0 Å². The second-order valence-corrected chi connectivity index (χ2v) is 4.36. The first-order valence-corrected chi connectivity index (χ1v) is 6.21. The van der Waals surface area contributed by atoms with Gasteiger partial charge in [0.05, 0.1) is 22.8 Å². The van der Waals surface area contributed by atoms with E-state index in [1.807, 2.05) is 25.5 Å². The summed E-state index contributed by atoms with van der Waals surface area (Å²) < 4.78 is 15.0. The smallest absolute Gasteiger partial charge is 0.123 e. The fourth-order valence-corrected chi connectivity index (χ4v) is 2.17. The quantitative estimate of drug-likeness (QED) is 0.906. The molecule has 2 aromatic rings. The molecule has 2 N–H and O–H groups in total. The lowest BCUT2D eigenvalue weighted by Gasteiger charge is -2.09. The Morgan fingerprint density at radius 3 is 2.56 bits per heavy atom. The molecule has 0 aliphatic carbocycles. The second kappa shape index (κ2) is 4.80. The molecule has 0 atom stereocenters. The average Bonchev–Trinajstić information content (AvgIpc) is 2.65. The molecule has 1 aromatic carbocycles. The molecule has 2 rings (SSSR count). The Kier molecular flexibility index (Phi) is 3.36. The molecule has 1 aromatic heterocycles.